The van der Waals surface area contributed by atoms with Crippen LogP contribution >= 0.6 is 0 Å². The van der Waals surface area contributed by atoms with Crippen molar-refractivity contribution in [1.29, 1.82) is 0 Å². The first-order chi connectivity index (χ1) is 14.5. The maximum atomic E-state index is 13.1. The average molecular weight is 411 g/mol. The predicted octanol–water partition coefficient (Wildman–Crippen LogP) is 4.09. The summed E-state index contributed by atoms with van der Waals surface area (Å²) in [5, 5.41) is 7.19. The number of aromatic nitrogens is 2. The molecule has 0 radical (unpaired) electrons. The number of benzene rings is 2. The van der Waals surface area contributed by atoms with Gasteiger partial charge in [0.05, 0.1) is 36.4 Å². The number of hydrogen-bond donors (Lipinski definition) is 1. The van der Waals surface area contributed by atoms with Crippen LogP contribution in [0.15, 0.2) is 48.7 Å². The Labute approximate surface area is 175 Å². The quantitative estimate of drug-likeness (QED) is 0.576. The number of halogens is 1. The Hall–Kier alpha value is -3.35. The lowest BCUT2D eigenvalue weighted by Gasteiger charge is -2.12. The molecule has 7 heteroatoms. The summed E-state index contributed by atoms with van der Waals surface area (Å²) in [7, 11) is 0. The van der Waals surface area contributed by atoms with Crippen molar-refractivity contribution in [2.24, 2.45) is 0 Å². The number of hydrogen-bond acceptors (Lipinski definition) is 4. The number of rotatable bonds is 9. The van der Waals surface area contributed by atoms with E-state index in [1.165, 1.54) is 18.3 Å². The zero-order valence-corrected chi connectivity index (χ0v) is 17.4. The summed E-state index contributed by atoms with van der Waals surface area (Å²) in [5.41, 5.74) is 2.92. The van der Waals surface area contributed by atoms with Gasteiger partial charge in [-0.1, -0.05) is 6.07 Å². The molecule has 0 spiro atoms. The average Bonchev–Trinajstić information content (AvgIpc) is 3.12. The minimum Gasteiger partial charge on any atom is -0.490 e. The van der Waals surface area contributed by atoms with Gasteiger partial charge < -0.3 is 14.8 Å². The number of amides is 1. The topological polar surface area (TPSA) is 65.4 Å². The third kappa shape index (κ3) is 4.97. The molecule has 3 aromatic rings. The number of carbonyl (C=O) groups is 1. The molecule has 0 aliphatic heterocycles. The third-order valence-corrected chi connectivity index (χ3v) is 4.63. The zero-order chi connectivity index (χ0) is 21.5. The molecule has 1 amide bonds. The van der Waals surface area contributed by atoms with Crippen molar-refractivity contribution in [2.45, 2.75) is 27.2 Å². The van der Waals surface area contributed by atoms with Crippen molar-refractivity contribution in [3.8, 4) is 17.2 Å². The normalized spacial score (nSPS) is 10.7. The Morgan fingerprint density at radius 3 is 2.47 bits per heavy atom. The van der Waals surface area contributed by atoms with Crippen LogP contribution in [0, 0.1) is 12.7 Å². The first-order valence-corrected chi connectivity index (χ1v) is 10.0. The molecule has 1 N–H and O–H groups in total. The number of ether oxygens (including phenoxy) is 2. The Balaban J connectivity index is 1.62. The Morgan fingerprint density at radius 1 is 1.07 bits per heavy atom. The van der Waals surface area contributed by atoms with E-state index < -0.39 is 0 Å². The van der Waals surface area contributed by atoms with Crippen molar-refractivity contribution in [3.05, 3.63) is 71.3 Å². The van der Waals surface area contributed by atoms with Gasteiger partial charge in [0.2, 0.25) is 0 Å². The second-order valence-corrected chi connectivity index (χ2v) is 6.68. The van der Waals surface area contributed by atoms with E-state index >= 15 is 0 Å². The van der Waals surface area contributed by atoms with Crippen LogP contribution in [0.1, 0.15) is 35.5 Å². The molecule has 0 unspecified atom stereocenters. The monoisotopic (exact) mass is 411 g/mol. The molecule has 0 aliphatic rings. The molecule has 30 heavy (non-hydrogen) atoms. The Kier molecular flexibility index (Phi) is 7.06. The molecular formula is C23H26FN3O3. The van der Waals surface area contributed by atoms with E-state index in [1.54, 1.807) is 16.8 Å². The Bertz CT molecular complexity index is 999. The van der Waals surface area contributed by atoms with Crippen LogP contribution in [0.4, 0.5) is 4.39 Å². The van der Waals surface area contributed by atoms with Crippen molar-refractivity contribution >= 4 is 5.91 Å². The molecule has 0 fully saturated rings. The van der Waals surface area contributed by atoms with Gasteiger partial charge in [0, 0.05) is 6.54 Å². The van der Waals surface area contributed by atoms with Gasteiger partial charge in [-0.2, -0.15) is 5.10 Å². The van der Waals surface area contributed by atoms with Crippen molar-refractivity contribution in [2.75, 3.05) is 19.8 Å². The molecule has 0 saturated heterocycles. The molecule has 3 rings (SSSR count). The molecule has 2 aromatic carbocycles. The molecular weight excluding hydrogens is 385 g/mol. The molecule has 6 nitrogen and oxygen atoms in total. The van der Waals surface area contributed by atoms with Crippen molar-refractivity contribution < 1.29 is 18.7 Å². The van der Waals surface area contributed by atoms with Gasteiger partial charge >= 0.3 is 0 Å². The van der Waals surface area contributed by atoms with Gasteiger partial charge in [-0.05, 0) is 69.2 Å². The van der Waals surface area contributed by atoms with Crippen LogP contribution in [0.3, 0.4) is 0 Å². The van der Waals surface area contributed by atoms with Crippen molar-refractivity contribution in [1.82, 2.24) is 15.1 Å². The van der Waals surface area contributed by atoms with Gasteiger partial charge in [-0.3, -0.25) is 4.79 Å². The lowest BCUT2D eigenvalue weighted by Crippen LogP contribution is -2.26. The number of nitrogens with one attached hydrogen (secondary N) is 1. The minimum absolute atomic E-state index is 0.197. The second-order valence-electron chi connectivity index (χ2n) is 6.68. The summed E-state index contributed by atoms with van der Waals surface area (Å²) in [5.74, 6) is 0.913. The van der Waals surface area contributed by atoms with Gasteiger partial charge in [0.15, 0.2) is 11.5 Å². The second kappa shape index (κ2) is 9.91. The van der Waals surface area contributed by atoms with Gasteiger partial charge in [0.25, 0.3) is 5.91 Å². The van der Waals surface area contributed by atoms with Gasteiger partial charge in [-0.15, -0.1) is 0 Å². The highest BCUT2D eigenvalue weighted by atomic mass is 19.1. The first-order valence-electron chi connectivity index (χ1n) is 10.0. The minimum atomic E-state index is -0.316. The van der Waals surface area contributed by atoms with E-state index in [-0.39, 0.29) is 11.7 Å². The summed E-state index contributed by atoms with van der Waals surface area (Å²) >= 11 is 0. The first kappa shape index (κ1) is 21.4. The van der Waals surface area contributed by atoms with Crippen LogP contribution in [0.25, 0.3) is 5.69 Å². The largest absolute Gasteiger partial charge is 0.490 e. The van der Waals surface area contributed by atoms with E-state index in [4.69, 9.17) is 9.47 Å². The maximum Gasteiger partial charge on any atom is 0.254 e. The molecule has 0 bridgehead atoms. The summed E-state index contributed by atoms with van der Waals surface area (Å²) in [6, 6.07) is 11.8. The van der Waals surface area contributed by atoms with Crippen LogP contribution < -0.4 is 14.8 Å². The van der Waals surface area contributed by atoms with E-state index in [9.17, 15) is 9.18 Å². The smallest absolute Gasteiger partial charge is 0.254 e. The maximum absolute atomic E-state index is 13.1. The van der Waals surface area contributed by atoms with Gasteiger partial charge in [0.1, 0.15) is 5.82 Å². The lowest BCUT2D eigenvalue weighted by atomic mass is 10.1. The van der Waals surface area contributed by atoms with E-state index in [0.29, 0.717) is 48.9 Å². The Morgan fingerprint density at radius 2 is 1.77 bits per heavy atom. The van der Waals surface area contributed by atoms with E-state index in [0.717, 1.165) is 11.3 Å². The molecule has 1 heterocycles. The summed E-state index contributed by atoms with van der Waals surface area (Å²) in [6.45, 7) is 7.26. The van der Waals surface area contributed by atoms with Crippen LogP contribution in [-0.2, 0) is 6.42 Å². The molecule has 1 aromatic heterocycles. The fraction of sp³-hybridized carbons (Fsp3) is 0.304. The summed E-state index contributed by atoms with van der Waals surface area (Å²) in [4.78, 5) is 12.6. The highest BCUT2D eigenvalue weighted by molar-refractivity contribution is 5.95. The van der Waals surface area contributed by atoms with Gasteiger partial charge in [-0.25, -0.2) is 9.07 Å². The molecule has 0 aliphatic carbocycles. The predicted molar refractivity (Wildman–Crippen MR) is 113 cm³/mol. The lowest BCUT2D eigenvalue weighted by molar-refractivity contribution is 0.0953. The highest BCUT2D eigenvalue weighted by Crippen LogP contribution is 2.28. The molecule has 0 saturated carbocycles. The van der Waals surface area contributed by atoms with Crippen molar-refractivity contribution in [3.63, 3.8) is 0 Å². The van der Waals surface area contributed by atoms with Crippen LogP contribution in [0.2, 0.25) is 0 Å². The number of nitrogens with zero attached hydrogens (tertiary/aromatic N) is 2. The SMILES string of the molecule is CCOc1ccc(CCNC(=O)c2cnn(-c3ccc(F)cc3)c2C)cc1OCC. The van der Waals surface area contributed by atoms with Crippen LogP contribution in [0.5, 0.6) is 11.5 Å². The zero-order valence-electron chi connectivity index (χ0n) is 17.4. The third-order valence-electron chi connectivity index (χ3n) is 4.63. The molecule has 158 valence electrons. The number of carbonyl (C=O) groups excluding carboxylic acids is 1. The van der Waals surface area contributed by atoms with E-state index in [2.05, 4.69) is 10.4 Å². The van der Waals surface area contributed by atoms with Crippen LogP contribution in [-0.4, -0.2) is 35.4 Å². The standard InChI is InChI=1S/C23H26FN3O3/c1-4-29-21-11-6-17(14-22(21)30-5-2)12-13-25-23(28)20-15-26-27(16(20)3)19-9-7-18(24)8-10-19/h6-11,14-15H,4-5,12-13H2,1-3H3,(H,25,28). The summed E-state index contributed by atoms with van der Waals surface area (Å²) < 4.78 is 26.0. The fourth-order valence-electron chi connectivity index (χ4n) is 3.14. The highest BCUT2D eigenvalue weighted by Gasteiger charge is 2.15. The van der Waals surface area contributed by atoms with E-state index in [1.807, 2.05) is 39.0 Å². The molecule has 0 atom stereocenters. The fourth-order valence-corrected chi connectivity index (χ4v) is 3.14. The summed E-state index contributed by atoms with van der Waals surface area (Å²) in [6.07, 6.45) is 2.18.